The van der Waals surface area contributed by atoms with Gasteiger partial charge in [-0.1, -0.05) is 23.7 Å². The van der Waals surface area contributed by atoms with Crippen molar-refractivity contribution in [3.63, 3.8) is 0 Å². The average molecular weight is 290 g/mol. The van der Waals surface area contributed by atoms with E-state index in [0.29, 0.717) is 17.6 Å². The highest BCUT2D eigenvalue weighted by Gasteiger charge is 2.20. The van der Waals surface area contributed by atoms with Crippen molar-refractivity contribution < 1.29 is 0 Å². The fourth-order valence-corrected chi connectivity index (χ4v) is 2.23. The molecule has 0 amide bonds. The molecule has 1 fully saturated rings. The molecule has 0 spiro atoms. The van der Waals surface area contributed by atoms with Gasteiger partial charge in [0.25, 0.3) is 5.56 Å². The minimum atomic E-state index is -0.0455. The van der Waals surface area contributed by atoms with E-state index in [-0.39, 0.29) is 5.56 Å². The fraction of sp³-hybridized carbons (Fsp3) is 0.333. The number of aromatic nitrogens is 2. The molecular formula is C15H16ClN3O. The Kier molecular flexibility index (Phi) is 3.59. The largest absolute Gasteiger partial charge is 0.310 e. The highest BCUT2D eigenvalue weighted by Crippen LogP contribution is 2.21. The first kappa shape index (κ1) is 13.3. The molecule has 0 bridgehead atoms. The van der Waals surface area contributed by atoms with Crippen LogP contribution in [0.5, 0.6) is 0 Å². The monoisotopic (exact) mass is 289 g/mol. The van der Waals surface area contributed by atoms with Gasteiger partial charge in [-0.2, -0.15) is 5.10 Å². The van der Waals surface area contributed by atoms with Crippen LogP contribution in [0.4, 0.5) is 0 Å². The summed E-state index contributed by atoms with van der Waals surface area (Å²) in [5.41, 5.74) is 2.45. The zero-order chi connectivity index (χ0) is 14.1. The Morgan fingerprint density at radius 3 is 2.70 bits per heavy atom. The van der Waals surface area contributed by atoms with Crippen LogP contribution in [0.15, 0.2) is 35.1 Å². The summed E-state index contributed by atoms with van der Waals surface area (Å²) in [6.07, 6.45) is 2.41. The second-order valence-electron chi connectivity index (χ2n) is 5.15. The van der Waals surface area contributed by atoms with Crippen LogP contribution in [-0.4, -0.2) is 15.8 Å². The SMILES string of the molecule is Cn1nc(-c2ccc(Cl)cc2)cc(CNC2CC2)c1=O. The van der Waals surface area contributed by atoms with Crippen LogP contribution in [0.1, 0.15) is 18.4 Å². The van der Waals surface area contributed by atoms with Gasteiger partial charge in [-0.25, -0.2) is 4.68 Å². The molecule has 0 radical (unpaired) electrons. The van der Waals surface area contributed by atoms with Gasteiger partial charge in [0.05, 0.1) is 5.69 Å². The maximum atomic E-state index is 12.1. The van der Waals surface area contributed by atoms with E-state index in [2.05, 4.69) is 10.4 Å². The first-order chi connectivity index (χ1) is 9.63. The van der Waals surface area contributed by atoms with E-state index in [4.69, 9.17) is 11.6 Å². The highest BCUT2D eigenvalue weighted by atomic mass is 35.5. The van der Waals surface area contributed by atoms with Crippen molar-refractivity contribution in [1.29, 1.82) is 0 Å². The number of hydrogen-bond donors (Lipinski definition) is 1. The minimum absolute atomic E-state index is 0.0455. The molecule has 1 heterocycles. The van der Waals surface area contributed by atoms with E-state index in [1.165, 1.54) is 17.5 Å². The standard InChI is InChI=1S/C15H16ClN3O/c1-19-15(20)11(9-17-13-6-7-13)8-14(18-19)10-2-4-12(16)5-3-10/h2-5,8,13,17H,6-7,9H2,1H3. The summed E-state index contributed by atoms with van der Waals surface area (Å²) < 4.78 is 1.40. The van der Waals surface area contributed by atoms with Crippen molar-refractivity contribution in [3.05, 3.63) is 51.3 Å². The lowest BCUT2D eigenvalue weighted by Crippen LogP contribution is -2.28. The van der Waals surface area contributed by atoms with Crippen LogP contribution in [-0.2, 0) is 13.6 Å². The Hall–Kier alpha value is -1.65. The van der Waals surface area contributed by atoms with Gasteiger partial charge in [0.2, 0.25) is 0 Å². The summed E-state index contributed by atoms with van der Waals surface area (Å²) in [7, 11) is 1.68. The number of nitrogens with one attached hydrogen (secondary N) is 1. The van der Waals surface area contributed by atoms with Crippen LogP contribution in [0, 0.1) is 0 Å². The number of hydrogen-bond acceptors (Lipinski definition) is 3. The Morgan fingerprint density at radius 1 is 1.35 bits per heavy atom. The molecule has 3 rings (SSSR count). The molecule has 104 valence electrons. The molecule has 1 aromatic carbocycles. The van der Waals surface area contributed by atoms with Gasteiger partial charge in [-0.3, -0.25) is 4.79 Å². The third-order valence-electron chi connectivity index (χ3n) is 3.44. The molecule has 1 saturated carbocycles. The van der Waals surface area contributed by atoms with E-state index in [0.717, 1.165) is 16.8 Å². The molecular weight excluding hydrogens is 274 g/mol. The van der Waals surface area contributed by atoms with Crippen LogP contribution >= 0.6 is 11.6 Å². The first-order valence-electron chi connectivity index (χ1n) is 6.70. The molecule has 5 heteroatoms. The Labute approximate surface area is 122 Å². The van der Waals surface area contributed by atoms with Crippen LogP contribution in [0.3, 0.4) is 0 Å². The van der Waals surface area contributed by atoms with Crippen LogP contribution in [0.2, 0.25) is 5.02 Å². The van der Waals surface area contributed by atoms with Gasteiger partial charge >= 0.3 is 0 Å². The molecule has 1 N–H and O–H groups in total. The Bertz CT molecular complexity index is 675. The zero-order valence-electron chi connectivity index (χ0n) is 11.3. The summed E-state index contributed by atoms with van der Waals surface area (Å²) in [6, 6.07) is 9.91. The molecule has 4 nitrogen and oxygen atoms in total. The lowest BCUT2D eigenvalue weighted by molar-refractivity contribution is 0.648. The summed E-state index contributed by atoms with van der Waals surface area (Å²) in [4.78, 5) is 12.1. The summed E-state index contributed by atoms with van der Waals surface area (Å²) in [5.74, 6) is 0. The van der Waals surface area contributed by atoms with Crippen molar-refractivity contribution in [2.75, 3.05) is 0 Å². The number of nitrogens with zero attached hydrogens (tertiary/aromatic N) is 2. The first-order valence-corrected chi connectivity index (χ1v) is 7.08. The minimum Gasteiger partial charge on any atom is -0.310 e. The van der Waals surface area contributed by atoms with Crippen molar-refractivity contribution in [3.8, 4) is 11.3 Å². The van der Waals surface area contributed by atoms with E-state index in [1.807, 2.05) is 30.3 Å². The molecule has 1 aromatic heterocycles. The van der Waals surface area contributed by atoms with Crippen molar-refractivity contribution in [2.24, 2.45) is 7.05 Å². The normalized spacial score (nSPS) is 14.5. The maximum absolute atomic E-state index is 12.1. The van der Waals surface area contributed by atoms with Gasteiger partial charge in [-0.15, -0.1) is 0 Å². The molecule has 20 heavy (non-hydrogen) atoms. The molecule has 2 aromatic rings. The molecule has 0 aliphatic heterocycles. The number of rotatable bonds is 4. The van der Waals surface area contributed by atoms with Gasteiger partial charge in [-0.05, 0) is 31.0 Å². The third-order valence-corrected chi connectivity index (χ3v) is 3.69. The zero-order valence-corrected chi connectivity index (χ0v) is 12.0. The second kappa shape index (κ2) is 5.38. The van der Waals surface area contributed by atoms with Crippen molar-refractivity contribution in [1.82, 2.24) is 15.1 Å². The van der Waals surface area contributed by atoms with E-state index in [9.17, 15) is 4.79 Å². The number of benzene rings is 1. The van der Waals surface area contributed by atoms with Gasteiger partial charge in [0.15, 0.2) is 0 Å². The average Bonchev–Trinajstić information content (AvgIpc) is 3.25. The maximum Gasteiger partial charge on any atom is 0.271 e. The summed E-state index contributed by atoms with van der Waals surface area (Å²) in [6.45, 7) is 0.598. The smallest absolute Gasteiger partial charge is 0.271 e. The second-order valence-corrected chi connectivity index (χ2v) is 5.58. The van der Waals surface area contributed by atoms with Crippen molar-refractivity contribution >= 4 is 11.6 Å². The molecule has 1 aliphatic rings. The van der Waals surface area contributed by atoms with Gasteiger partial charge in [0.1, 0.15) is 0 Å². The quantitative estimate of drug-likeness (QED) is 0.940. The predicted octanol–water partition coefficient (Wildman–Crippen LogP) is 2.35. The van der Waals surface area contributed by atoms with Crippen LogP contribution < -0.4 is 10.9 Å². The fourth-order valence-electron chi connectivity index (χ4n) is 2.10. The lowest BCUT2D eigenvalue weighted by Gasteiger charge is -2.08. The molecule has 0 unspecified atom stereocenters. The Balaban J connectivity index is 1.94. The molecule has 0 saturated heterocycles. The predicted molar refractivity (Wildman–Crippen MR) is 79.8 cm³/mol. The van der Waals surface area contributed by atoms with Crippen LogP contribution in [0.25, 0.3) is 11.3 Å². The lowest BCUT2D eigenvalue weighted by atomic mass is 10.1. The third kappa shape index (κ3) is 2.92. The van der Waals surface area contributed by atoms with Crippen molar-refractivity contribution in [2.45, 2.75) is 25.4 Å². The van der Waals surface area contributed by atoms with E-state index in [1.54, 1.807) is 7.05 Å². The number of halogens is 1. The van der Waals surface area contributed by atoms with E-state index < -0.39 is 0 Å². The number of aryl methyl sites for hydroxylation is 1. The van der Waals surface area contributed by atoms with Gasteiger partial charge < -0.3 is 5.32 Å². The van der Waals surface area contributed by atoms with E-state index >= 15 is 0 Å². The molecule has 1 aliphatic carbocycles. The summed E-state index contributed by atoms with van der Waals surface area (Å²) in [5, 5.41) is 8.36. The topological polar surface area (TPSA) is 46.9 Å². The molecule has 0 atom stereocenters. The highest BCUT2D eigenvalue weighted by molar-refractivity contribution is 6.30. The van der Waals surface area contributed by atoms with Gasteiger partial charge in [0, 0.05) is 35.8 Å². The Morgan fingerprint density at radius 2 is 2.05 bits per heavy atom. The summed E-state index contributed by atoms with van der Waals surface area (Å²) >= 11 is 5.89.